The summed E-state index contributed by atoms with van der Waals surface area (Å²) >= 11 is 3.39. The average molecular weight is 532 g/mol. The first-order valence-electron chi connectivity index (χ1n) is 10.7. The Morgan fingerprint density at radius 2 is 1.94 bits per heavy atom. The molecule has 2 aromatic heterocycles. The molecule has 0 radical (unpaired) electrons. The molecule has 5 rings (SSSR count). The highest BCUT2D eigenvalue weighted by Gasteiger charge is 2.58. The molecular formula is C23H23BrFN5O2S. The third kappa shape index (κ3) is 3.63. The highest BCUT2D eigenvalue weighted by molar-refractivity contribution is 9.10. The number of rotatable bonds is 4. The van der Waals surface area contributed by atoms with Crippen LogP contribution in [0, 0.1) is 11.7 Å². The zero-order valence-electron chi connectivity index (χ0n) is 18.2. The third-order valence-electron chi connectivity index (χ3n) is 6.85. The molecule has 2 aliphatic rings. The first-order chi connectivity index (χ1) is 15.5. The average Bonchev–Trinajstić information content (AvgIpc) is 3.58. The molecule has 3 heterocycles. The number of nitrogens with zero attached hydrogens (tertiary/aromatic N) is 4. The lowest BCUT2D eigenvalue weighted by atomic mass is 9.90. The maximum absolute atomic E-state index is 15.0. The van der Waals surface area contributed by atoms with E-state index in [4.69, 9.17) is 5.73 Å². The van der Waals surface area contributed by atoms with Gasteiger partial charge in [-0.25, -0.2) is 22.8 Å². The molecule has 172 valence electrons. The molecule has 0 amide bonds. The minimum Gasteiger partial charge on any atom is -0.386 e. The number of fused-ring (bicyclic) bond motifs is 1. The lowest BCUT2D eigenvalue weighted by Crippen LogP contribution is -2.58. The molecule has 1 aromatic carbocycles. The highest BCUT2D eigenvalue weighted by Crippen LogP contribution is 2.49. The van der Waals surface area contributed by atoms with E-state index in [0.29, 0.717) is 23.1 Å². The standard InChI is InChI=1S/C23H23BrFN5O2S/c1-22(11-33(31,32)23(2,14-4-5-14)21(26)30-22)16-7-13(3-6-17(16)25)8-18-20-19(29-12-28-18)9-15(24)10-27-20/h3,6-7,9-10,12,14H,4-5,8,11H2,1-2H3,(H2,26,30)/t22-,23-/m0/s1. The number of aromatic nitrogens is 3. The normalized spacial score (nSPS) is 26.8. The van der Waals surface area contributed by atoms with Crippen LogP contribution in [0.1, 0.15) is 43.5 Å². The monoisotopic (exact) mass is 531 g/mol. The fourth-order valence-electron chi connectivity index (χ4n) is 4.71. The molecule has 1 aliphatic heterocycles. The molecule has 0 unspecified atom stereocenters. The number of halogens is 2. The summed E-state index contributed by atoms with van der Waals surface area (Å²) in [6.45, 7) is 3.28. The van der Waals surface area contributed by atoms with Gasteiger partial charge in [0.05, 0.1) is 17.0 Å². The number of pyridine rings is 1. The molecule has 0 saturated heterocycles. The lowest BCUT2D eigenvalue weighted by molar-refractivity contribution is 0.463. The predicted octanol–water partition coefficient (Wildman–Crippen LogP) is 3.69. The summed E-state index contributed by atoms with van der Waals surface area (Å²) in [5.41, 5.74) is 7.94. The zero-order valence-corrected chi connectivity index (χ0v) is 20.6. The van der Waals surface area contributed by atoms with Crippen LogP contribution in [0.3, 0.4) is 0 Å². The topological polar surface area (TPSA) is 111 Å². The van der Waals surface area contributed by atoms with Gasteiger partial charge < -0.3 is 5.73 Å². The van der Waals surface area contributed by atoms with Gasteiger partial charge in [0.2, 0.25) is 0 Å². The van der Waals surface area contributed by atoms with E-state index in [2.05, 4.69) is 35.9 Å². The van der Waals surface area contributed by atoms with E-state index >= 15 is 4.39 Å². The van der Waals surface area contributed by atoms with Crippen molar-refractivity contribution in [2.75, 3.05) is 5.75 Å². The predicted molar refractivity (Wildman–Crippen MR) is 128 cm³/mol. The summed E-state index contributed by atoms with van der Waals surface area (Å²) in [5, 5.41) is 0. The van der Waals surface area contributed by atoms with Crippen molar-refractivity contribution in [1.82, 2.24) is 15.0 Å². The molecule has 0 bridgehead atoms. The maximum atomic E-state index is 15.0. The number of nitrogens with two attached hydrogens (primary N) is 1. The van der Waals surface area contributed by atoms with Gasteiger partial charge in [-0.1, -0.05) is 12.1 Å². The van der Waals surface area contributed by atoms with Crippen LogP contribution in [0.2, 0.25) is 0 Å². The van der Waals surface area contributed by atoms with Crippen molar-refractivity contribution in [3.05, 3.63) is 63.9 Å². The quantitative estimate of drug-likeness (QED) is 0.549. The Hall–Kier alpha value is -2.46. The van der Waals surface area contributed by atoms with E-state index in [1.165, 1.54) is 12.4 Å². The first kappa shape index (κ1) is 22.3. The molecule has 10 heteroatoms. The van der Waals surface area contributed by atoms with Gasteiger partial charge in [-0.05, 0) is 66.2 Å². The van der Waals surface area contributed by atoms with Crippen LogP contribution in [0.15, 0.2) is 46.3 Å². The third-order valence-corrected chi connectivity index (χ3v) is 10.1. The van der Waals surface area contributed by atoms with Crippen molar-refractivity contribution in [2.24, 2.45) is 16.6 Å². The number of aliphatic imine (C=N–C) groups is 1. The Morgan fingerprint density at radius 1 is 1.18 bits per heavy atom. The molecule has 7 nitrogen and oxygen atoms in total. The zero-order chi connectivity index (χ0) is 23.6. The summed E-state index contributed by atoms with van der Waals surface area (Å²) in [6.07, 6.45) is 5.14. The van der Waals surface area contributed by atoms with E-state index in [0.717, 1.165) is 22.9 Å². The van der Waals surface area contributed by atoms with Crippen molar-refractivity contribution in [3.63, 3.8) is 0 Å². The van der Waals surface area contributed by atoms with Crippen molar-refractivity contribution < 1.29 is 12.8 Å². The Labute approximate surface area is 199 Å². The van der Waals surface area contributed by atoms with Crippen LogP contribution in [-0.4, -0.2) is 39.7 Å². The SMILES string of the molecule is C[C@@]1(c2cc(Cc3ncnc4cc(Br)cnc34)ccc2F)CS(=O)(=O)[C@@](C)(C2CC2)C(N)=N1. The van der Waals surface area contributed by atoms with Gasteiger partial charge in [0, 0.05) is 22.7 Å². The molecule has 2 atom stereocenters. The van der Waals surface area contributed by atoms with Crippen LogP contribution in [0.25, 0.3) is 11.0 Å². The number of sulfone groups is 1. The minimum absolute atomic E-state index is 0.0226. The Bertz CT molecular complexity index is 1430. The Kier molecular flexibility index (Phi) is 5.09. The van der Waals surface area contributed by atoms with Crippen LogP contribution >= 0.6 is 15.9 Å². The van der Waals surface area contributed by atoms with Gasteiger partial charge in [-0.2, -0.15) is 0 Å². The summed E-state index contributed by atoms with van der Waals surface area (Å²) in [4.78, 5) is 17.6. The fourth-order valence-corrected chi connectivity index (χ4v) is 7.40. The van der Waals surface area contributed by atoms with Crippen LogP contribution < -0.4 is 5.73 Å². The number of benzene rings is 1. The van der Waals surface area contributed by atoms with E-state index in [9.17, 15) is 8.42 Å². The van der Waals surface area contributed by atoms with Gasteiger partial charge in [0.25, 0.3) is 0 Å². The van der Waals surface area contributed by atoms with Crippen LogP contribution in [-0.2, 0) is 21.8 Å². The molecular weight excluding hydrogens is 509 g/mol. The van der Waals surface area contributed by atoms with Gasteiger partial charge in [-0.3, -0.25) is 9.98 Å². The maximum Gasteiger partial charge on any atom is 0.165 e. The first-order valence-corrected chi connectivity index (χ1v) is 13.1. The van der Waals surface area contributed by atoms with Gasteiger partial charge >= 0.3 is 0 Å². The molecule has 1 saturated carbocycles. The molecule has 3 aromatic rings. The van der Waals surface area contributed by atoms with Crippen molar-refractivity contribution in [1.29, 1.82) is 0 Å². The number of hydrogen-bond acceptors (Lipinski definition) is 7. The second-order valence-electron chi connectivity index (χ2n) is 9.24. The van der Waals surface area contributed by atoms with E-state index in [1.807, 2.05) is 6.07 Å². The summed E-state index contributed by atoms with van der Waals surface area (Å²) < 4.78 is 41.3. The van der Waals surface area contributed by atoms with Crippen molar-refractivity contribution in [2.45, 2.75) is 43.4 Å². The number of hydrogen-bond donors (Lipinski definition) is 1. The van der Waals surface area contributed by atoms with E-state index < -0.39 is 25.9 Å². The summed E-state index contributed by atoms with van der Waals surface area (Å²) in [5.74, 6) is -0.761. The van der Waals surface area contributed by atoms with Crippen molar-refractivity contribution in [3.8, 4) is 0 Å². The molecule has 1 fully saturated rings. The van der Waals surface area contributed by atoms with Gasteiger partial charge in [0.1, 0.15) is 33.8 Å². The van der Waals surface area contributed by atoms with Crippen molar-refractivity contribution >= 4 is 42.6 Å². The van der Waals surface area contributed by atoms with Crippen LogP contribution in [0.5, 0.6) is 0 Å². The Balaban J connectivity index is 1.56. The second kappa shape index (κ2) is 7.53. The Morgan fingerprint density at radius 3 is 2.64 bits per heavy atom. The molecule has 33 heavy (non-hydrogen) atoms. The largest absolute Gasteiger partial charge is 0.386 e. The number of amidine groups is 1. The van der Waals surface area contributed by atoms with Gasteiger partial charge in [-0.15, -0.1) is 0 Å². The van der Waals surface area contributed by atoms with E-state index in [-0.39, 0.29) is 23.1 Å². The minimum atomic E-state index is -3.64. The smallest absolute Gasteiger partial charge is 0.165 e. The summed E-state index contributed by atoms with van der Waals surface area (Å²) in [7, 11) is -3.64. The fraction of sp³-hybridized carbons (Fsp3) is 0.391. The second-order valence-corrected chi connectivity index (χ2v) is 12.5. The molecule has 0 spiro atoms. The van der Waals surface area contributed by atoms with E-state index in [1.54, 1.807) is 32.2 Å². The lowest BCUT2D eigenvalue weighted by Gasteiger charge is -2.40. The summed E-state index contributed by atoms with van der Waals surface area (Å²) in [6, 6.07) is 6.52. The van der Waals surface area contributed by atoms with Crippen LogP contribution in [0.4, 0.5) is 4.39 Å². The highest BCUT2D eigenvalue weighted by atomic mass is 79.9. The van der Waals surface area contributed by atoms with Gasteiger partial charge in [0.15, 0.2) is 9.84 Å². The molecule has 2 N–H and O–H groups in total. The molecule has 1 aliphatic carbocycles.